The normalized spacial score (nSPS) is 26.3. The number of hydrogen-bond acceptors (Lipinski definition) is 2. The van der Waals surface area contributed by atoms with Gasteiger partial charge in [0.25, 0.3) is 0 Å². The van der Waals surface area contributed by atoms with Gasteiger partial charge in [0.1, 0.15) is 0 Å². The summed E-state index contributed by atoms with van der Waals surface area (Å²) in [5.41, 5.74) is 0. The minimum absolute atomic E-state index is 0.00169. The van der Waals surface area contributed by atoms with Crippen LogP contribution >= 0.6 is 0 Å². The molecule has 2 fully saturated rings. The van der Waals surface area contributed by atoms with E-state index in [1.165, 1.54) is 6.42 Å². The van der Waals surface area contributed by atoms with Gasteiger partial charge in [0, 0.05) is 18.6 Å². The lowest BCUT2D eigenvalue weighted by Crippen LogP contribution is -2.46. The van der Waals surface area contributed by atoms with Gasteiger partial charge in [-0.05, 0) is 32.2 Å². The highest BCUT2D eigenvalue weighted by atomic mass is 16.2. The summed E-state index contributed by atoms with van der Waals surface area (Å²) < 4.78 is 0. The molecule has 0 aromatic rings. The maximum atomic E-state index is 11.1. The Balaban J connectivity index is 1.48. The molecule has 0 bridgehead atoms. The van der Waals surface area contributed by atoms with Crippen LogP contribution in [0.1, 0.15) is 25.7 Å². The number of rotatable bonds is 4. The number of amides is 2. The lowest BCUT2D eigenvalue weighted by molar-refractivity contribution is 0.239. The van der Waals surface area contributed by atoms with E-state index in [9.17, 15) is 4.79 Å². The Morgan fingerprint density at radius 2 is 2.15 bits per heavy atom. The predicted molar refractivity (Wildman–Crippen MR) is 50.6 cm³/mol. The zero-order valence-corrected chi connectivity index (χ0v) is 7.81. The molecule has 3 N–H and O–H groups in total. The summed E-state index contributed by atoms with van der Waals surface area (Å²) in [5.74, 6) is 0. The van der Waals surface area contributed by atoms with Crippen LogP contribution < -0.4 is 16.0 Å². The Hall–Kier alpha value is -0.770. The van der Waals surface area contributed by atoms with Gasteiger partial charge in [0.05, 0.1) is 0 Å². The van der Waals surface area contributed by atoms with Crippen molar-refractivity contribution < 1.29 is 4.79 Å². The molecular weight excluding hydrogens is 166 g/mol. The van der Waals surface area contributed by atoms with Gasteiger partial charge in [-0.25, -0.2) is 4.79 Å². The fourth-order valence-electron chi connectivity index (χ4n) is 1.42. The van der Waals surface area contributed by atoms with Gasteiger partial charge in [-0.1, -0.05) is 0 Å². The minimum Gasteiger partial charge on any atom is -0.338 e. The lowest BCUT2D eigenvalue weighted by Gasteiger charge is -2.27. The van der Waals surface area contributed by atoms with Crippen molar-refractivity contribution in [3.05, 3.63) is 0 Å². The Morgan fingerprint density at radius 1 is 1.38 bits per heavy atom. The first-order chi connectivity index (χ1) is 6.34. The van der Waals surface area contributed by atoms with E-state index < -0.39 is 0 Å². The van der Waals surface area contributed by atoms with Crippen molar-refractivity contribution in [1.29, 1.82) is 0 Å². The standard InChI is InChI=1S/C9H17N3O/c13-9(12-8-1-2-8)11-6-4-7-3-5-10-7/h7-8,10H,1-6H2,(H2,11,12,13). The van der Waals surface area contributed by atoms with Gasteiger partial charge in [-0.15, -0.1) is 0 Å². The van der Waals surface area contributed by atoms with Crippen LogP contribution in [0.25, 0.3) is 0 Å². The SMILES string of the molecule is O=C(NCCC1CCN1)NC1CC1. The fraction of sp³-hybridized carbons (Fsp3) is 0.889. The topological polar surface area (TPSA) is 53.2 Å². The Morgan fingerprint density at radius 3 is 2.69 bits per heavy atom. The highest BCUT2D eigenvalue weighted by molar-refractivity contribution is 5.74. The summed E-state index contributed by atoms with van der Waals surface area (Å²) in [7, 11) is 0. The van der Waals surface area contributed by atoms with Crippen molar-refractivity contribution >= 4 is 6.03 Å². The van der Waals surface area contributed by atoms with E-state index in [1.807, 2.05) is 0 Å². The number of urea groups is 1. The quantitative estimate of drug-likeness (QED) is 0.583. The lowest BCUT2D eigenvalue weighted by atomic mass is 10.0. The molecule has 4 heteroatoms. The molecule has 1 saturated carbocycles. The van der Waals surface area contributed by atoms with Crippen LogP contribution in [0, 0.1) is 0 Å². The molecule has 74 valence electrons. The average Bonchev–Trinajstić information content (AvgIpc) is 2.78. The number of carbonyl (C=O) groups is 1. The molecule has 1 saturated heterocycles. The molecule has 0 spiro atoms. The van der Waals surface area contributed by atoms with Crippen LogP contribution in [-0.4, -0.2) is 31.2 Å². The van der Waals surface area contributed by atoms with Crippen LogP contribution in [0.2, 0.25) is 0 Å². The third-order valence-electron chi connectivity index (χ3n) is 2.62. The second-order valence-corrected chi connectivity index (χ2v) is 3.90. The maximum absolute atomic E-state index is 11.1. The van der Waals surface area contributed by atoms with Crippen LogP contribution in [0.5, 0.6) is 0 Å². The van der Waals surface area contributed by atoms with Crippen molar-refractivity contribution in [3.63, 3.8) is 0 Å². The van der Waals surface area contributed by atoms with Crippen molar-refractivity contribution in [1.82, 2.24) is 16.0 Å². The average molecular weight is 183 g/mol. The molecule has 4 nitrogen and oxygen atoms in total. The summed E-state index contributed by atoms with van der Waals surface area (Å²) in [4.78, 5) is 11.1. The van der Waals surface area contributed by atoms with Crippen molar-refractivity contribution in [2.45, 2.75) is 37.8 Å². The molecule has 0 radical (unpaired) electrons. The first-order valence-corrected chi connectivity index (χ1v) is 5.12. The molecule has 13 heavy (non-hydrogen) atoms. The van der Waals surface area contributed by atoms with Crippen molar-refractivity contribution in [2.24, 2.45) is 0 Å². The first kappa shape index (κ1) is 8.81. The third kappa shape index (κ3) is 2.88. The highest BCUT2D eigenvalue weighted by Crippen LogP contribution is 2.18. The van der Waals surface area contributed by atoms with Gasteiger partial charge in [-0.2, -0.15) is 0 Å². The van der Waals surface area contributed by atoms with E-state index in [0.717, 1.165) is 32.4 Å². The summed E-state index contributed by atoms with van der Waals surface area (Å²) in [6.45, 7) is 1.93. The second kappa shape index (κ2) is 3.96. The van der Waals surface area contributed by atoms with Crippen LogP contribution in [0.3, 0.4) is 0 Å². The second-order valence-electron chi connectivity index (χ2n) is 3.90. The molecule has 1 heterocycles. The highest BCUT2D eigenvalue weighted by Gasteiger charge is 2.23. The Labute approximate surface area is 78.5 Å². The summed E-state index contributed by atoms with van der Waals surface area (Å²) >= 11 is 0. The van der Waals surface area contributed by atoms with E-state index in [1.54, 1.807) is 0 Å². The number of carbonyl (C=O) groups excluding carboxylic acids is 1. The maximum Gasteiger partial charge on any atom is 0.315 e. The minimum atomic E-state index is 0.00169. The van der Waals surface area contributed by atoms with E-state index in [4.69, 9.17) is 0 Å². The molecule has 1 unspecified atom stereocenters. The van der Waals surface area contributed by atoms with Gasteiger partial charge in [0.2, 0.25) is 0 Å². The van der Waals surface area contributed by atoms with Crippen LogP contribution in [-0.2, 0) is 0 Å². The molecule has 1 aliphatic heterocycles. The fourth-order valence-corrected chi connectivity index (χ4v) is 1.42. The molecule has 1 atom stereocenters. The van der Waals surface area contributed by atoms with Crippen LogP contribution in [0.4, 0.5) is 4.79 Å². The van der Waals surface area contributed by atoms with E-state index in [0.29, 0.717) is 12.1 Å². The Kier molecular flexibility index (Phi) is 2.68. The number of hydrogen-bond donors (Lipinski definition) is 3. The third-order valence-corrected chi connectivity index (χ3v) is 2.62. The summed E-state index contributed by atoms with van der Waals surface area (Å²) in [6, 6.07) is 1.10. The predicted octanol–water partition coefficient (Wildman–Crippen LogP) is 0.200. The molecular formula is C9H17N3O. The molecule has 0 aromatic carbocycles. The van der Waals surface area contributed by atoms with Crippen LogP contribution in [0.15, 0.2) is 0 Å². The molecule has 1 aliphatic carbocycles. The zero-order valence-electron chi connectivity index (χ0n) is 7.81. The van der Waals surface area contributed by atoms with E-state index >= 15 is 0 Å². The van der Waals surface area contributed by atoms with Gasteiger partial charge in [-0.3, -0.25) is 0 Å². The monoisotopic (exact) mass is 183 g/mol. The summed E-state index contributed by atoms with van der Waals surface area (Å²) in [6.07, 6.45) is 4.61. The molecule has 2 rings (SSSR count). The van der Waals surface area contributed by atoms with Crippen molar-refractivity contribution in [2.75, 3.05) is 13.1 Å². The van der Waals surface area contributed by atoms with E-state index in [2.05, 4.69) is 16.0 Å². The molecule has 0 aromatic heterocycles. The first-order valence-electron chi connectivity index (χ1n) is 5.12. The summed E-state index contributed by atoms with van der Waals surface area (Å²) in [5, 5.41) is 9.06. The number of nitrogens with one attached hydrogen (secondary N) is 3. The van der Waals surface area contributed by atoms with Crippen molar-refractivity contribution in [3.8, 4) is 0 Å². The van der Waals surface area contributed by atoms with Gasteiger partial charge < -0.3 is 16.0 Å². The van der Waals surface area contributed by atoms with Gasteiger partial charge >= 0.3 is 6.03 Å². The molecule has 2 aliphatic rings. The largest absolute Gasteiger partial charge is 0.338 e. The zero-order chi connectivity index (χ0) is 9.10. The van der Waals surface area contributed by atoms with E-state index in [-0.39, 0.29) is 6.03 Å². The molecule has 2 amide bonds. The van der Waals surface area contributed by atoms with Gasteiger partial charge in [0.15, 0.2) is 0 Å². The Bertz CT molecular complexity index is 187. The smallest absolute Gasteiger partial charge is 0.315 e.